The molecule has 1 unspecified atom stereocenters. The van der Waals surface area contributed by atoms with Crippen LogP contribution in [0.2, 0.25) is 0 Å². The molecular formula is C17H21BrClNO3. The van der Waals surface area contributed by atoms with Gasteiger partial charge in [-0.25, -0.2) is 0 Å². The van der Waals surface area contributed by atoms with Gasteiger partial charge in [0.05, 0.1) is 24.8 Å². The van der Waals surface area contributed by atoms with Crippen LogP contribution < -0.4 is 14.8 Å². The molecule has 1 atom stereocenters. The van der Waals surface area contributed by atoms with E-state index in [2.05, 4.69) is 21.2 Å². The largest absolute Gasteiger partial charge is 0.493 e. The SMILES string of the molecule is COc1cc(CNCC(O)c2ccccc2)cc(Br)c1OC.Cl. The lowest BCUT2D eigenvalue weighted by molar-refractivity contribution is 0.174. The van der Waals surface area contributed by atoms with Crippen LogP contribution in [0.4, 0.5) is 0 Å². The van der Waals surface area contributed by atoms with Crippen molar-refractivity contribution in [3.63, 3.8) is 0 Å². The fourth-order valence-corrected chi connectivity index (χ4v) is 2.87. The molecule has 0 spiro atoms. The van der Waals surface area contributed by atoms with E-state index in [9.17, 15) is 5.11 Å². The van der Waals surface area contributed by atoms with Crippen molar-refractivity contribution in [1.29, 1.82) is 0 Å². The summed E-state index contributed by atoms with van der Waals surface area (Å²) in [6.07, 6.45) is -0.523. The third-order valence-electron chi connectivity index (χ3n) is 3.34. The molecule has 126 valence electrons. The molecule has 0 aliphatic heterocycles. The topological polar surface area (TPSA) is 50.7 Å². The van der Waals surface area contributed by atoms with Crippen LogP contribution in [-0.4, -0.2) is 25.9 Å². The fraction of sp³-hybridized carbons (Fsp3) is 0.294. The Morgan fingerprint density at radius 3 is 2.43 bits per heavy atom. The summed E-state index contributed by atoms with van der Waals surface area (Å²) in [6, 6.07) is 13.5. The lowest BCUT2D eigenvalue weighted by atomic mass is 10.1. The van der Waals surface area contributed by atoms with Gasteiger partial charge in [0.1, 0.15) is 0 Å². The van der Waals surface area contributed by atoms with Gasteiger partial charge in [-0.15, -0.1) is 12.4 Å². The van der Waals surface area contributed by atoms with Gasteiger partial charge in [0.25, 0.3) is 0 Å². The summed E-state index contributed by atoms with van der Waals surface area (Å²) in [5.41, 5.74) is 1.95. The smallest absolute Gasteiger partial charge is 0.174 e. The maximum Gasteiger partial charge on any atom is 0.174 e. The Balaban J connectivity index is 0.00000264. The van der Waals surface area contributed by atoms with Gasteiger partial charge in [-0.2, -0.15) is 0 Å². The maximum atomic E-state index is 10.1. The lowest BCUT2D eigenvalue weighted by Gasteiger charge is -2.14. The quantitative estimate of drug-likeness (QED) is 0.741. The Kier molecular flexibility index (Phi) is 8.41. The molecule has 0 amide bonds. The molecule has 6 heteroatoms. The van der Waals surface area contributed by atoms with Crippen LogP contribution in [-0.2, 0) is 6.54 Å². The molecule has 0 aliphatic rings. The van der Waals surface area contributed by atoms with Gasteiger partial charge in [0, 0.05) is 13.1 Å². The molecule has 2 aromatic rings. The van der Waals surface area contributed by atoms with Gasteiger partial charge >= 0.3 is 0 Å². The molecule has 0 aromatic heterocycles. The summed E-state index contributed by atoms with van der Waals surface area (Å²) in [7, 11) is 3.22. The minimum atomic E-state index is -0.523. The van der Waals surface area contributed by atoms with E-state index >= 15 is 0 Å². The predicted molar refractivity (Wildman–Crippen MR) is 97.6 cm³/mol. The molecule has 0 aliphatic carbocycles. The molecule has 4 nitrogen and oxygen atoms in total. The van der Waals surface area contributed by atoms with Crippen LogP contribution in [0.5, 0.6) is 11.5 Å². The fourth-order valence-electron chi connectivity index (χ4n) is 2.22. The zero-order chi connectivity index (χ0) is 15.9. The van der Waals surface area contributed by atoms with Crippen LogP contribution in [0.3, 0.4) is 0 Å². The van der Waals surface area contributed by atoms with Gasteiger partial charge in [-0.1, -0.05) is 30.3 Å². The minimum absolute atomic E-state index is 0. The summed E-state index contributed by atoms with van der Waals surface area (Å²) in [6.45, 7) is 1.11. The Bertz CT molecular complexity index is 610. The van der Waals surface area contributed by atoms with Crippen molar-refractivity contribution < 1.29 is 14.6 Å². The normalized spacial score (nSPS) is 11.5. The summed E-state index contributed by atoms with van der Waals surface area (Å²) in [5, 5.41) is 13.4. The first-order valence-electron chi connectivity index (χ1n) is 6.99. The monoisotopic (exact) mass is 401 g/mol. The van der Waals surface area contributed by atoms with Crippen LogP contribution in [0.25, 0.3) is 0 Å². The van der Waals surface area contributed by atoms with E-state index in [1.807, 2.05) is 42.5 Å². The molecular weight excluding hydrogens is 382 g/mol. The highest BCUT2D eigenvalue weighted by atomic mass is 79.9. The first-order valence-corrected chi connectivity index (χ1v) is 7.79. The average molecular weight is 403 g/mol. The molecule has 0 saturated carbocycles. The highest BCUT2D eigenvalue weighted by Crippen LogP contribution is 2.36. The van der Waals surface area contributed by atoms with Gasteiger partial charge in [0.15, 0.2) is 11.5 Å². The van der Waals surface area contributed by atoms with Gasteiger partial charge in [-0.3, -0.25) is 0 Å². The van der Waals surface area contributed by atoms with Crippen LogP contribution in [0, 0.1) is 0 Å². The summed E-state index contributed by atoms with van der Waals surface area (Å²) < 4.78 is 11.5. The first-order chi connectivity index (χ1) is 10.7. The number of nitrogens with one attached hydrogen (secondary N) is 1. The highest BCUT2D eigenvalue weighted by Gasteiger charge is 2.11. The number of halogens is 2. The van der Waals surface area contributed by atoms with Gasteiger partial charge < -0.3 is 19.9 Å². The van der Waals surface area contributed by atoms with Crippen molar-refractivity contribution >= 4 is 28.3 Å². The van der Waals surface area contributed by atoms with E-state index < -0.39 is 6.10 Å². The number of hydrogen-bond donors (Lipinski definition) is 2. The predicted octanol–water partition coefficient (Wildman–Crippen LogP) is 3.71. The Morgan fingerprint density at radius 2 is 1.83 bits per heavy atom. The molecule has 0 bridgehead atoms. The lowest BCUT2D eigenvalue weighted by Crippen LogP contribution is -2.21. The second-order valence-corrected chi connectivity index (χ2v) is 5.72. The number of rotatable bonds is 7. The maximum absolute atomic E-state index is 10.1. The van der Waals surface area contributed by atoms with E-state index in [0.29, 0.717) is 24.6 Å². The Hall–Kier alpha value is -1.27. The number of hydrogen-bond acceptors (Lipinski definition) is 4. The standard InChI is InChI=1S/C17H20BrNO3.ClH/c1-21-16-9-12(8-14(18)17(16)22-2)10-19-11-15(20)13-6-4-3-5-7-13;/h3-9,15,19-20H,10-11H2,1-2H3;1H. The summed E-state index contributed by atoms with van der Waals surface area (Å²) in [5.74, 6) is 1.35. The molecule has 2 rings (SSSR count). The van der Waals surface area contributed by atoms with Crippen molar-refractivity contribution in [1.82, 2.24) is 5.32 Å². The number of ether oxygens (including phenoxy) is 2. The van der Waals surface area contributed by atoms with Crippen molar-refractivity contribution in [2.24, 2.45) is 0 Å². The van der Waals surface area contributed by atoms with Crippen molar-refractivity contribution in [2.75, 3.05) is 20.8 Å². The van der Waals surface area contributed by atoms with Crippen LogP contribution in [0.1, 0.15) is 17.2 Å². The van der Waals surface area contributed by atoms with E-state index in [1.54, 1.807) is 14.2 Å². The summed E-state index contributed by atoms with van der Waals surface area (Å²) >= 11 is 3.47. The molecule has 0 saturated heterocycles. The Labute approximate surface area is 151 Å². The van der Waals surface area contributed by atoms with E-state index in [1.165, 1.54) is 0 Å². The number of aliphatic hydroxyl groups excluding tert-OH is 1. The zero-order valence-electron chi connectivity index (χ0n) is 13.1. The van der Waals surface area contributed by atoms with Gasteiger partial charge in [0.2, 0.25) is 0 Å². The summed E-state index contributed by atoms with van der Waals surface area (Å²) in [4.78, 5) is 0. The third kappa shape index (κ3) is 5.39. The van der Waals surface area contributed by atoms with Crippen molar-refractivity contribution in [2.45, 2.75) is 12.6 Å². The van der Waals surface area contributed by atoms with E-state index in [0.717, 1.165) is 15.6 Å². The number of aliphatic hydroxyl groups is 1. The van der Waals surface area contributed by atoms with Gasteiger partial charge in [-0.05, 0) is 39.2 Å². The zero-order valence-corrected chi connectivity index (χ0v) is 15.5. The molecule has 23 heavy (non-hydrogen) atoms. The third-order valence-corrected chi connectivity index (χ3v) is 3.93. The number of methoxy groups -OCH3 is 2. The number of benzene rings is 2. The Morgan fingerprint density at radius 1 is 1.13 bits per heavy atom. The molecule has 2 aromatic carbocycles. The molecule has 0 fully saturated rings. The van der Waals surface area contributed by atoms with Crippen LogP contribution >= 0.6 is 28.3 Å². The first kappa shape index (κ1) is 19.8. The second kappa shape index (κ2) is 9.78. The molecule has 0 radical (unpaired) electrons. The minimum Gasteiger partial charge on any atom is -0.493 e. The second-order valence-electron chi connectivity index (χ2n) is 4.87. The average Bonchev–Trinajstić information content (AvgIpc) is 2.55. The molecule has 0 heterocycles. The van der Waals surface area contributed by atoms with Crippen molar-refractivity contribution in [3.8, 4) is 11.5 Å². The highest BCUT2D eigenvalue weighted by molar-refractivity contribution is 9.10. The van der Waals surface area contributed by atoms with E-state index in [-0.39, 0.29) is 12.4 Å². The van der Waals surface area contributed by atoms with E-state index in [4.69, 9.17) is 9.47 Å². The van der Waals surface area contributed by atoms with Crippen molar-refractivity contribution in [3.05, 3.63) is 58.1 Å². The molecule has 2 N–H and O–H groups in total. The van der Waals surface area contributed by atoms with Crippen LogP contribution in [0.15, 0.2) is 46.9 Å².